The predicted octanol–water partition coefficient (Wildman–Crippen LogP) is 1.83. The van der Waals surface area contributed by atoms with Crippen molar-refractivity contribution in [3.63, 3.8) is 0 Å². The van der Waals surface area contributed by atoms with Crippen LogP contribution in [0.2, 0.25) is 0 Å². The van der Waals surface area contributed by atoms with Gasteiger partial charge in [-0.25, -0.2) is 0 Å². The molecule has 5 nitrogen and oxygen atoms in total. The van der Waals surface area contributed by atoms with Gasteiger partial charge in [-0.15, -0.1) is 0 Å². The van der Waals surface area contributed by atoms with Crippen molar-refractivity contribution in [2.75, 3.05) is 25.0 Å². The lowest BCUT2D eigenvalue weighted by atomic mass is 10.1. The van der Waals surface area contributed by atoms with Crippen molar-refractivity contribution in [3.05, 3.63) is 29.8 Å². The lowest BCUT2D eigenvalue weighted by molar-refractivity contribution is -0.119. The molecule has 1 aliphatic heterocycles. The molecular formula is C17H27N3O2. The highest BCUT2D eigenvalue weighted by Crippen LogP contribution is 2.20. The van der Waals surface area contributed by atoms with Gasteiger partial charge >= 0.3 is 0 Å². The Morgan fingerprint density at radius 3 is 2.64 bits per heavy atom. The molecule has 2 rings (SSSR count). The number of hydrogen-bond acceptors (Lipinski definition) is 4. The number of carbonyl (C=O) groups is 1. The average Bonchev–Trinajstić information content (AvgIpc) is 2.47. The molecule has 3 N–H and O–H groups in total. The summed E-state index contributed by atoms with van der Waals surface area (Å²) in [5.41, 5.74) is 7.56. The average molecular weight is 305 g/mol. The number of rotatable bonds is 5. The van der Waals surface area contributed by atoms with Crippen LogP contribution >= 0.6 is 0 Å². The molecule has 1 saturated heterocycles. The number of carbonyl (C=O) groups excluding carboxylic acids is 1. The molecule has 1 aliphatic rings. The van der Waals surface area contributed by atoms with Gasteiger partial charge in [0.05, 0.1) is 12.2 Å². The Labute approximate surface area is 132 Å². The maximum absolute atomic E-state index is 12.1. The molecule has 0 spiro atoms. The Morgan fingerprint density at radius 2 is 2.00 bits per heavy atom. The van der Waals surface area contributed by atoms with E-state index in [9.17, 15) is 4.79 Å². The van der Waals surface area contributed by atoms with E-state index in [0.717, 1.165) is 30.9 Å². The second kappa shape index (κ2) is 7.72. The van der Waals surface area contributed by atoms with Crippen LogP contribution < -0.4 is 11.1 Å². The van der Waals surface area contributed by atoms with Crippen molar-refractivity contribution in [3.8, 4) is 0 Å². The SMILES string of the molecule is CC1CN(Cc2ccccc2NC(=O)C(C)CN)CC(C)O1. The Morgan fingerprint density at radius 1 is 1.36 bits per heavy atom. The summed E-state index contributed by atoms with van der Waals surface area (Å²) in [6.45, 7) is 9.01. The van der Waals surface area contributed by atoms with Crippen LogP contribution in [0.1, 0.15) is 26.3 Å². The van der Waals surface area contributed by atoms with E-state index in [0.29, 0.717) is 6.54 Å². The Kier molecular flexibility index (Phi) is 5.94. The van der Waals surface area contributed by atoms with Crippen LogP contribution in [0.15, 0.2) is 24.3 Å². The number of hydrogen-bond donors (Lipinski definition) is 2. The van der Waals surface area contributed by atoms with Crippen molar-refractivity contribution >= 4 is 11.6 Å². The lowest BCUT2D eigenvalue weighted by Crippen LogP contribution is -2.44. The highest BCUT2D eigenvalue weighted by atomic mass is 16.5. The number of nitrogens with two attached hydrogens (primary N) is 1. The van der Waals surface area contributed by atoms with E-state index in [-0.39, 0.29) is 24.0 Å². The Balaban J connectivity index is 2.06. The number of benzene rings is 1. The minimum atomic E-state index is -0.184. The molecule has 0 aromatic heterocycles. The second-order valence-electron chi connectivity index (χ2n) is 6.23. The zero-order chi connectivity index (χ0) is 16.1. The van der Waals surface area contributed by atoms with Gasteiger partial charge < -0.3 is 15.8 Å². The fourth-order valence-corrected chi connectivity index (χ4v) is 2.80. The third-order valence-corrected chi connectivity index (χ3v) is 3.97. The van der Waals surface area contributed by atoms with Gasteiger partial charge in [0.25, 0.3) is 0 Å². The Bertz CT molecular complexity index is 496. The van der Waals surface area contributed by atoms with Crippen molar-refractivity contribution in [2.45, 2.75) is 39.5 Å². The summed E-state index contributed by atoms with van der Waals surface area (Å²) in [4.78, 5) is 14.4. The fraction of sp³-hybridized carbons (Fsp3) is 0.588. The van der Waals surface area contributed by atoms with Crippen LogP contribution in [-0.2, 0) is 16.1 Å². The molecule has 3 unspecified atom stereocenters. The zero-order valence-corrected chi connectivity index (χ0v) is 13.7. The molecule has 22 heavy (non-hydrogen) atoms. The number of nitrogens with one attached hydrogen (secondary N) is 1. The van der Waals surface area contributed by atoms with Crippen LogP contribution in [-0.4, -0.2) is 42.6 Å². The molecule has 1 heterocycles. The third kappa shape index (κ3) is 4.53. The fourth-order valence-electron chi connectivity index (χ4n) is 2.80. The van der Waals surface area contributed by atoms with Crippen LogP contribution in [0, 0.1) is 5.92 Å². The highest BCUT2D eigenvalue weighted by molar-refractivity contribution is 5.93. The highest BCUT2D eigenvalue weighted by Gasteiger charge is 2.23. The summed E-state index contributed by atoms with van der Waals surface area (Å²) in [7, 11) is 0. The summed E-state index contributed by atoms with van der Waals surface area (Å²) in [5.74, 6) is -0.213. The van der Waals surface area contributed by atoms with E-state index in [4.69, 9.17) is 10.5 Å². The van der Waals surface area contributed by atoms with Gasteiger partial charge in [0.1, 0.15) is 0 Å². The zero-order valence-electron chi connectivity index (χ0n) is 13.7. The van der Waals surface area contributed by atoms with E-state index < -0.39 is 0 Å². The van der Waals surface area contributed by atoms with Crippen molar-refractivity contribution in [1.82, 2.24) is 4.90 Å². The first-order chi connectivity index (χ1) is 10.5. The van der Waals surface area contributed by atoms with Crippen LogP contribution in [0.5, 0.6) is 0 Å². The summed E-state index contributed by atoms with van der Waals surface area (Å²) >= 11 is 0. The number of anilines is 1. The van der Waals surface area contributed by atoms with E-state index in [1.165, 1.54) is 0 Å². The molecule has 0 bridgehead atoms. The molecule has 1 fully saturated rings. The normalized spacial score (nSPS) is 24.0. The number of ether oxygens (including phenoxy) is 1. The molecule has 1 amide bonds. The van der Waals surface area contributed by atoms with Gasteiger partial charge in [0, 0.05) is 37.8 Å². The maximum Gasteiger partial charge on any atom is 0.228 e. The van der Waals surface area contributed by atoms with E-state index >= 15 is 0 Å². The lowest BCUT2D eigenvalue weighted by Gasteiger charge is -2.35. The van der Waals surface area contributed by atoms with Crippen molar-refractivity contribution in [1.29, 1.82) is 0 Å². The Hall–Kier alpha value is -1.43. The molecule has 0 radical (unpaired) electrons. The van der Waals surface area contributed by atoms with Crippen molar-refractivity contribution in [2.24, 2.45) is 11.7 Å². The molecular weight excluding hydrogens is 278 g/mol. The monoisotopic (exact) mass is 305 g/mol. The molecule has 5 heteroatoms. The molecule has 122 valence electrons. The van der Waals surface area contributed by atoms with Crippen molar-refractivity contribution < 1.29 is 9.53 Å². The van der Waals surface area contributed by atoms with Gasteiger partial charge in [0.2, 0.25) is 5.91 Å². The van der Waals surface area contributed by atoms with Gasteiger partial charge in [-0.05, 0) is 25.5 Å². The van der Waals surface area contributed by atoms with Crippen LogP contribution in [0.4, 0.5) is 5.69 Å². The first-order valence-corrected chi connectivity index (χ1v) is 7.96. The standard InChI is InChI=1S/C17H27N3O2/c1-12(8-18)17(21)19-16-7-5-4-6-15(16)11-20-9-13(2)22-14(3)10-20/h4-7,12-14H,8-11,18H2,1-3H3,(H,19,21). The minimum absolute atomic E-state index is 0.0290. The molecule has 1 aromatic rings. The third-order valence-electron chi connectivity index (χ3n) is 3.97. The molecule has 0 saturated carbocycles. The van der Waals surface area contributed by atoms with Gasteiger partial charge in [-0.2, -0.15) is 0 Å². The van der Waals surface area contributed by atoms with E-state index in [1.807, 2.05) is 25.1 Å². The summed E-state index contributed by atoms with van der Waals surface area (Å²) in [5, 5.41) is 3.00. The summed E-state index contributed by atoms with van der Waals surface area (Å²) in [6, 6.07) is 7.96. The van der Waals surface area contributed by atoms with Gasteiger partial charge in [0.15, 0.2) is 0 Å². The van der Waals surface area contributed by atoms with E-state index in [1.54, 1.807) is 0 Å². The summed E-state index contributed by atoms with van der Waals surface area (Å²) < 4.78 is 5.77. The quantitative estimate of drug-likeness (QED) is 0.871. The van der Waals surface area contributed by atoms with Gasteiger partial charge in [-0.3, -0.25) is 9.69 Å². The molecule has 3 atom stereocenters. The first kappa shape index (κ1) is 16.9. The number of para-hydroxylation sites is 1. The number of morpholine rings is 1. The van der Waals surface area contributed by atoms with Crippen LogP contribution in [0.25, 0.3) is 0 Å². The smallest absolute Gasteiger partial charge is 0.228 e. The molecule has 0 aliphatic carbocycles. The number of nitrogens with zero attached hydrogens (tertiary/aromatic N) is 1. The second-order valence-corrected chi connectivity index (χ2v) is 6.23. The van der Waals surface area contributed by atoms with Gasteiger partial charge in [-0.1, -0.05) is 25.1 Å². The summed E-state index contributed by atoms with van der Waals surface area (Å²) in [6.07, 6.45) is 0.477. The largest absolute Gasteiger partial charge is 0.373 e. The van der Waals surface area contributed by atoms with E-state index in [2.05, 4.69) is 30.1 Å². The number of amides is 1. The van der Waals surface area contributed by atoms with Crippen LogP contribution in [0.3, 0.4) is 0 Å². The first-order valence-electron chi connectivity index (χ1n) is 7.96. The predicted molar refractivity (Wildman–Crippen MR) is 88.6 cm³/mol. The topological polar surface area (TPSA) is 67.6 Å². The minimum Gasteiger partial charge on any atom is -0.373 e. The molecule has 1 aromatic carbocycles. The maximum atomic E-state index is 12.1.